The molecule has 0 unspecified atom stereocenters. The fourth-order valence-electron chi connectivity index (χ4n) is 3.75. The fraction of sp³-hybridized carbons (Fsp3) is 0.400. The number of amides is 1. The molecule has 0 radical (unpaired) electrons. The van der Waals surface area contributed by atoms with Crippen LogP contribution in [0.1, 0.15) is 40.2 Å². The summed E-state index contributed by atoms with van der Waals surface area (Å²) in [7, 11) is 3.44. The molecule has 0 aliphatic heterocycles. The minimum Gasteiger partial charge on any atom is -0.494 e. The largest absolute Gasteiger partial charge is 0.494 e. The number of nitrogens with one attached hydrogen (secondary N) is 2. The Labute approximate surface area is 210 Å². The number of rotatable bonds is 9. The van der Waals surface area contributed by atoms with Crippen molar-refractivity contribution in [2.75, 3.05) is 22.6 Å². The average Bonchev–Trinajstić information content (AvgIpc) is 3.11. The molecule has 186 valence electrons. The zero-order valence-corrected chi connectivity index (χ0v) is 22.4. The van der Waals surface area contributed by atoms with Gasteiger partial charge >= 0.3 is 5.13 Å². The maximum Gasteiger partial charge on any atom is 0.431 e. The Morgan fingerprint density at radius 1 is 1.11 bits per heavy atom. The van der Waals surface area contributed by atoms with Crippen molar-refractivity contribution in [1.82, 2.24) is 5.10 Å². The summed E-state index contributed by atoms with van der Waals surface area (Å²) in [5, 5.41) is 21.3. The number of nitrogens with zero attached hydrogens (tertiary/aromatic N) is 5. The predicted molar refractivity (Wildman–Crippen MR) is 142 cm³/mol. The molecule has 0 spiro atoms. The van der Waals surface area contributed by atoms with Gasteiger partial charge in [0, 0.05) is 30.8 Å². The quantitative estimate of drug-likeness (QED) is 0.279. The second kappa shape index (κ2) is 11.3. The topological polar surface area (TPSA) is 95.1 Å². The number of ether oxygens (including phenoxy) is 1. The smallest absolute Gasteiger partial charge is 0.431 e. The monoisotopic (exact) mass is 496 g/mol. The molecule has 0 bridgehead atoms. The first-order chi connectivity index (χ1) is 16.6. The summed E-state index contributed by atoms with van der Waals surface area (Å²) >= 11 is 1.47. The van der Waals surface area contributed by atoms with Gasteiger partial charge in [0.25, 0.3) is 0 Å². The molecule has 1 heterocycles. The van der Waals surface area contributed by atoms with Crippen LogP contribution in [0.2, 0.25) is 0 Å². The van der Waals surface area contributed by atoms with Crippen LogP contribution in [0.3, 0.4) is 0 Å². The number of carbonyl (C=O) groups is 1. The van der Waals surface area contributed by atoms with Crippen LogP contribution in [-0.2, 0) is 11.8 Å². The predicted octanol–water partition coefficient (Wildman–Crippen LogP) is 6.03. The molecule has 0 atom stereocenters. The fourth-order valence-corrected chi connectivity index (χ4v) is 4.86. The van der Waals surface area contributed by atoms with Gasteiger partial charge in [-0.25, -0.2) is 0 Å². The first-order valence-corrected chi connectivity index (χ1v) is 12.3. The van der Waals surface area contributed by atoms with Gasteiger partial charge in [-0.1, -0.05) is 17.2 Å². The van der Waals surface area contributed by atoms with E-state index in [1.807, 2.05) is 38.2 Å². The van der Waals surface area contributed by atoms with Crippen molar-refractivity contribution in [2.24, 2.45) is 17.3 Å². The minimum atomic E-state index is -0.205. The molecule has 9 nitrogen and oxygen atoms in total. The van der Waals surface area contributed by atoms with Gasteiger partial charge in [0.2, 0.25) is 11.0 Å². The molecule has 3 rings (SSSR count). The molecule has 35 heavy (non-hydrogen) atoms. The maximum atomic E-state index is 11.9. The van der Waals surface area contributed by atoms with Crippen LogP contribution in [-0.4, -0.2) is 30.2 Å². The van der Waals surface area contributed by atoms with Crippen LogP contribution >= 0.6 is 11.3 Å². The zero-order valence-electron chi connectivity index (χ0n) is 21.6. The molecular formula is C25H34N7O2S+. The third-order valence-electron chi connectivity index (χ3n) is 5.20. The molecule has 1 aromatic heterocycles. The summed E-state index contributed by atoms with van der Waals surface area (Å²) in [6, 6.07) is 12.2. The number of aryl methyl sites for hydroxylation is 2. The van der Waals surface area contributed by atoms with Gasteiger partial charge < -0.3 is 20.3 Å². The first-order valence-electron chi connectivity index (χ1n) is 11.5. The van der Waals surface area contributed by atoms with E-state index in [1.165, 1.54) is 18.3 Å². The lowest BCUT2D eigenvalue weighted by Crippen LogP contribution is -2.39. The van der Waals surface area contributed by atoms with E-state index in [0.717, 1.165) is 16.4 Å². The SMILES string of the molecule is COc1cc(N=Nc2sc(N(C(C)C)C(C)C)n[n+]2C)c(NC(C)=O)cc1Nc1cccc(C)c1. The summed E-state index contributed by atoms with van der Waals surface area (Å²) in [5.41, 5.74) is 3.75. The molecular weight excluding hydrogens is 462 g/mol. The lowest BCUT2D eigenvalue weighted by atomic mass is 10.2. The number of hydrogen-bond acceptors (Lipinski definition) is 8. The lowest BCUT2D eigenvalue weighted by Gasteiger charge is -2.28. The van der Waals surface area contributed by atoms with Crippen LogP contribution in [0.25, 0.3) is 0 Å². The van der Waals surface area contributed by atoms with Gasteiger partial charge in [-0.2, -0.15) is 0 Å². The summed E-state index contributed by atoms with van der Waals surface area (Å²) in [6.45, 7) is 12.0. The Kier molecular flexibility index (Phi) is 8.39. The van der Waals surface area contributed by atoms with Crippen LogP contribution in [0.15, 0.2) is 46.6 Å². The van der Waals surface area contributed by atoms with Crippen molar-refractivity contribution in [3.05, 3.63) is 42.0 Å². The van der Waals surface area contributed by atoms with Crippen LogP contribution in [0.5, 0.6) is 5.75 Å². The van der Waals surface area contributed by atoms with Crippen molar-refractivity contribution < 1.29 is 14.2 Å². The van der Waals surface area contributed by atoms with Crippen molar-refractivity contribution in [3.8, 4) is 5.75 Å². The van der Waals surface area contributed by atoms with Gasteiger partial charge in [-0.05, 0) is 74.8 Å². The molecule has 3 aromatic rings. The second-order valence-corrected chi connectivity index (χ2v) is 9.77. The number of azo groups is 1. The summed E-state index contributed by atoms with van der Waals surface area (Å²) in [6.07, 6.45) is 0. The van der Waals surface area contributed by atoms with Crippen molar-refractivity contribution >= 4 is 50.3 Å². The third-order valence-corrected chi connectivity index (χ3v) is 6.20. The molecule has 2 aromatic carbocycles. The van der Waals surface area contributed by atoms with E-state index >= 15 is 0 Å². The van der Waals surface area contributed by atoms with Crippen LogP contribution in [0.4, 0.5) is 33.0 Å². The van der Waals surface area contributed by atoms with E-state index in [1.54, 1.807) is 23.9 Å². The lowest BCUT2D eigenvalue weighted by molar-refractivity contribution is -0.712. The number of methoxy groups -OCH3 is 1. The van der Waals surface area contributed by atoms with Gasteiger partial charge in [-0.3, -0.25) is 4.79 Å². The summed E-state index contributed by atoms with van der Waals surface area (Å²) < 4.78 is 7.33. The summed E-state index contributed by atoms with van der Waals surface area (Å²) in [4.78, 5) is 14.2. The average molecular weight is 497 g/mol. The van der Waals surface area contributed by atoms with Crippen LogP contribution in [0, 0.1) is 6.92 Å². The highest BCUT2D eigenvalue weighted by Gasteiger charge is 2.24. The van der Waals surface area contributed by atoms with Crippen molar-refractivity contribution in [2.45, 2.75) is 53.6 Å². The standard InChI is InChI=1S/C25H33N7O2S/c1-15(2)32(16(3)4)25-30-31(7)24(35-25)29-28-21-14-23(34-8)22(13-20(21)26-18(6)33)27-19-11-9-10-17(5)12-19/h9-16H,1-8H3,(H,26,27,33)/p+1. The zero-order chi connectivity index (χ0) is 25.7. The number of hydrogen-bond donors (Lipinski definition) is 2. The van der Waals surface area contributed by atoms with E-state index < -0.39 is 0 Å². The maximum absolute atomic E-state index is 11.9. The van der Waals surface area contributed by atoms with E-state index in [4.69, 9.17) is 4.74 Å². The Bertz CT molecular complexity index is 1210. The highest BCUT2D eigenvalue weighted by atomic mass is 32.1. The normalized spacial score (nSPS) is 11.4. The number of anilines is 4. The Hall–Kier alpha value is -3.53. The number of carbonyl (C=O) groups excluding carboxylic acids is 1. The first kappa shape index (κ1) is 26.1. The second-order valence-electron chi connectivity index (χ2n) is 8.83. The molecule has 0 aliphatic rings. The molecule has 0 saturated carbocycles. The van der Waals surface area contributed by atoms with E-state index in [-0.39, 0.29) is 5.91 Å². The van der Waals surface area contributed by atoms with Gasteiger partial charge in [0.15, 0.2) is 0 Å². The van der Waals surface area contributed by atoms with E-state index in [9.17, 15) is 4.79 Å². The van der Waals surface area contributed by atoms with Gasteiger partial charge in [0.05, 0.1) is 23.6 Å². The van der Waals surface area contributed by atoms with Crippen molar-refractivity contribution in [3.63, 3.8) is 0 Å². The molecule has 0 saturated heterocycles. The van der Waals surface area contributed by atoms with Gasteiger partial charge in [0.1, 0.15) is 18.5 Å². The Morgan fingerprint density at radius 2 is 1.83 bits per heavy atom. The molecule has 2 N–H and O–H groups in total. The Balaban J connectivity index is 1.99. The molecule has 10 heteroatoms. The number of benzene rings is 2. The highest BCUT2D eigenvalue weighted by Crippen LogP contribution is 2.39. The van der Waals surface area contributed by atoms with E-state index in [2.05, 4.69) is 58.6 Å². The number of aromatic nitrogens is 2. The summed E-state index contributed by atoms with van der Waals surface area (Å²) in [5.74, 6) is 0.373. The molecule has 0 aliphatic carbocycles. The third kappa shape index (κ3) is 6.54. The molecule has 0 fully saturated rings. The minimum absolute atomic E-state index is 0.205. The van der Waals surface area contributed by atoms with Crippen LogP contribution < -0.4 is 25.0 Å². The molecule has 1 amide bonds. The van der Waals surface area contributed by atoms with Crippen molar-refractivity contribution in [1.29, 1.82) is 0 Å². The Morgan fingerprint density at radius 3 is 2.43 bits per heavy atom. The van der Waals surface area contributed by atoms with Gasteiger partial charge in [-0.15, -0.1) is 4.68 Å². The van der Waals surface area contributed by atoms with E-state index in [0.29, 0.717) is 40.0 Å². The highest BCUT2D eigenvalue weighted by molar-refractivity contribution is 7.18.